The van der Waals surface area contributed by atoms with Gasteiger partial charge in [-0.1, -0.05) is 0 Å². The molecule has 0 amide bonds. The molecule has 0 aromatic rings. The zero-order valence-corrected chi connectivity index (χ0v) is 9.88. The van der Waals surface area contributed by atoms with Crippen molar-refractivity contribution in [2.45, 2.75) is 5.41 Å². The number of rotatable bonds is 6. The van der Waals surface area contributed by atoms with Crippen LogP contribution in [0.5, 0.6) is 0 Å². The molecule has 3 nitrogen and oxygen atoms in total. The molecule has 0 aliphatic carbocycles. The molecule has 0 aromatic carbocycles. The fraction of sp³-hybridized carbons (Fsp3) is 0.750. The molecule has 72 valence electrons. The first kappa shape index (κ1) is 11.8. The lowest BCUT2D eigenvalue weighted by molar-refractivity contribution is -0.152. The number of hydrogen-bond donors (Lipinski definition) is 0. The predicted octanol–water partition coefficient (Wildman–Crippen LogP) is -0.193. The van der Waals surface area contributed by atoms with E-state index in [-0.39, 0.29) is 0 Å². The van der Waals surface area contributed by atoms with E-state index in [0.29, 0.717) is 0 Å². The molecular weight excluding hydrogens is 170 g/mol. The lowest BCUT2D eigenvalue weighted by atomic mass is 10.5. The van der Waals surface area contributed by atoms with Crippen LogP contribution in [0.4, 0.5) is 0 Å². The molecular formula is C8H19NO2Si. The Kier molecular flexibility index (Phi) is 5.40. The maximum Gasteiger partial charge on any atom is 0.160 e. The lowest BCUT2D eigenvalue weighted by Crippen LogP contribution is -2.48. The third-order valence-electron chi connectivity index (χ3n) is 1.76. The van der Waals surface area contributed by atoms with Crippen LogP contribution in [0.3, 0.4) is 0 Å². The van der Waals surface area contributed by atoms with E-state index < -0.39 is 14.9 Å². The Labute approximate surface area is 77.2 Å². The van der Waals surface area contributed by atoms with Crippen molar-refractivity contribution < 1.29 is 9.47 Å². The highest BCUT2D eigenvalue weighted by atomic mass is 28.2. The summed E-state index contributed by atoms with van der Waals surface area (Å²) in [6, 6.07) is 0. The van der Waals surface area contributed by atoms with Gasteiger partial charge in [0.1, 0.15) is 9.52 Å². The molecule has 0 aliphatic heterocycles. The van der Waals surface area contributed by atoms with E-state index >= 15 is 0 Å². The highest BCUT2D eigenvalue weighted by Gasteiger charge is 2.28. The van der Waals surface area contributed by atoms with Crippen molar-refractivity contribution in [3.05, 3.63) is 12.3 Å². The molecule has 0 spiro atoms. The van der Waals surface area contributed by atoms with Crippen molar-refractivity contribution in [3.8, 4) is 0 Å². The third kappa shape index (κ3) is 3.49. The van der Waals surface area contributed by atoms with Gasteiger partial charge in [0.25, 0.3) is 0 Å². The normalized spacial score (nSPS) is 13.1. The second-order valence-electron chi connectivity index (χ2n) is 3.05. The minimum atomic E-state index is -0.536. The van der Waals surface area contributed by atoms with Crippen LogP contribution in [0.15, 0.2) is 12.3 Å². The van der Waals surface area contributed by atoms with Crippen LogP contribution in [0.2, 0.25) is 0 Å². The van der Waals surface area contributed by atoms with E-state index in [4.69, 9.17) is 9.47 Å². The van der Waals surface area contributed by atoms with Crippen molar-refractivity contribution in [3.63, 3.8) is 0 Å². The molecule has 0 unspecified atom stereocenters. The molecule has 4 heteroatoms. The Balaban J connectivity index is 4.23. The summed E-state index contributed by atoms with van der Waals surface area (Å²) in [5.41, 5.74) is 1.54. The zero-order chi connectivity index (χ0) is 9.61. The Morgan fingerprint density at radius 2 is 1.92 bits per heavy atom. The summed E-state index contributed by atoms with van der Waals surface area (Å²) < 4.78 is 10.7. The molecule has 0 aliphatic rings. The lowest BCUT2D eigenvalue weighted by Gasteiger charge is -2.32. The minimum absolute atomic E-state index is 0.398. The van der Waals surface area contributed by atoms with Crippen molar-refractivity contribution >= 4 is 9.52 Å². The van der Waals surface area contributed by atoms with Gasteiger partial charge >= 0.3 is 0 Å². The van der Waals surface area contributed by atoms with Gasteiger partial charge in [-0.25, -0.2) is 0 Å². The van der Waals surface area contributed by atoms with Gasteiger partial charge in [0.05, 0.1) is 0 Å². The van der Waals surface area contributed by atoms with E-state index in [1.165, 1.54) is 0 Å². The fourth-order valence-corrected chi connectivity index (χ4v) is 2.49. The van der Waals surface area contributed by atoms with E-state index in [1.807, 2.05) is 19.8 Å². The van der Waals surface area contributed by atoms with Crippen LogP contribution >= 0.6 is 0 Å². The maximum absolute atomic E-state index is 5.36. The quantitative estimate of drug-likeness (QED) is 0.427. The first-order valence-electron chi connectivity index (χ1n) is 3.96. The zero-order valence-electron chi connectivity index (χ0n) is 8.46. The van der Waals surface area contributed by atoms with Crippen molar-refractivity contribution in [2.75, 3.05) is 34.9 Å². The van der Waals surface area contributed by atoms with Gasteiger partial charge in [-0.15, -0.1) is 12.3 Å². The average Bonchev–Trinajstić information content (AvgIpc) is 2.03. The van der Waals surface area contributed by atoms with Gasteiger partial charge in [-0.3, -0.25) is 0 Å². The van der Waals surface area contributed by atoms with Crippen LogP contribution in [-0.2, 0) is 9.47 Å². The van der Waals surface area contributed by atoms with Gasteiger partial charge in [0, 0.05) is 20.8 Å². The summed E-state index contributed by atoms with van der Waals surface area (Å²) in [6.45, 7) is 4.52. The number of nitrogens with zero attached hydrogens (tertiary/aromatic N) is 1. The minimum Gasteiger partial charge on any atom is -0.356 e. The van der Waals surface area contributed by atoms with Crippen LogP contribution in [0, 0.1) is 0 Å². The molecule has 0 aromatic heterocycles. The molecule has 0 atom stereocenters. The molecule has 0 saturated carbocycles. The van der Waals surface area contributed by atoms with Crippen LogP contribution in [0.25, 0.3) is 0 Å². The van der Waals surface area contributed by atoms with Crippen LogP contribution in [-0.4, -0.2) is 54.7 Å². The predicted molar refractivity (Wildman–Crippen MR) is 54.0 cm³/mol. The van der Waals surface area contributed by atoms with Gasteiger partial charge in [-0.2, -0.15) is 0 Å². The Morgan fingerprint density at radius 3 is 2.17 bits per heavy atom. The SMILES string of the molecule is C=C[SiH2]C(CN(C)C)(OC)OC. The molecule has 0 heterocycles. The second kappa shape index (κ2) is 5.48. The summed E-state index contributed by atoms with van der Waals surface area (Å²) >= 11 is 0. The molecule has 0 radical (unpaired) electrons. The van der Waals surface area contributed by atoms with Gasteiger partial charge in [0.15, 0.2) is 5.41 Å². The Bertz CT molecular complexity index is 135. The summed E-state index contributed by atoms with van der Waals surface area (Å²) in [6.07, 6.45) is 0. The largest absolute Gasteiger partial charge is 0.356 e. The molecule has 0 fully saturated rings. The van der Waals surface area contributed by atoms with E-state index in [0.717, 1.165) is 6.54 Å². The summed E-state index contributed by atoms with van der Waals surface area (Å²) in [5, 5.41) is 0. The summed E-state index contributed by atoms with van der Waals surface area (Å²) in [7, 11) is 6.84. The molecule has 0 N–H and O–H groups in total. The average molecular weight is 189 g/mol. The number of likely N-dealkylation sites (N-methyl/N-ethyl adjacent to an activating group) is 1. The molecule has 12 heavy (non-hydrogen) atoms. The molecule has 0 bridgehead atoms. The Hall–Kier alpha value is -0.163. The number of methoxy groups -OCH3 is 2. The van der Waals surface area contributed by atoms with E-state index in [1.54, 1.807) is 14.2 Å². The molecule has 0 saturated heterocycles. The van der Waals surface area contributed by atoms with E-state index in [2.05, 4.69) is 11.5 Å². The van der Waals surface area contributed by atoms with Crippen molar-refractivity contribution in [1.82, 2.24) is 4.90 Å². The highest BCUT2D eigenvalue weighted by Crippen LogP contribution is 2.10. The monoisotopic (exact) mass is 189 g/mol. The fourth-order valence-electron chi connectivity index (χ4n) is 1.15. The Morgan fingerprint density at radius 1 is 1.42 bits per heavy atom. The van der Waals surface area contributed by atoms with Crippen LogP contribution < -0.4 is 0 Å². The summed E-state index contributed by atoms with van der Waals surface area (Å²) in [4.78, 5) is 2.06. The summed E-state index contributed by atoms with van der Waals surface area (Å²) in [5.74, 6) is 0. The smallest absolute Gasteiger partial charge is 0.160 e. The first-order valence-corrected chi connectivity index (χ1v) is 5.48. The second-order valence-corrected chi connectivity index (χ2v) is 5.11. The van der Waals surface area contributed by atoms with E-state index in [9.17, 15) is 0 Å². The number of hydrogen-bond acceptors (Lipinski definition) is 3. The topological polar surface area (TPSA) is 21.7 Å². The van der Waals surface area contributed by atoms with Gasteiger partial charge in [0.2, 0.25) is 0 Å². The standard InChI is InChI=1S/C8H19NO2Si/c1-6-12-8(10-4,11-5)7-9(2)3/h6H,1,7,12H2,2-5H3. The van der Waals surface area contributed by atoms with Crippen molar-refractivity contribution in [2.24, 2.45) is 0 Å². The highest BCUT2D eigenvalue weighted by molar-refractivity contribution is 6.45. The first-order chi connectivity index (χ1) is 5.60. The number of ether oxygens (including phenoxy) is 2. The van der Waals surface area contributed by atoms with Crippen molar-refractivity contribution in [1.29, 1.82) is 0 Å². The maximum atomic E-state index is 5.36. The van der Waals surface area contributed by atoms with Crippen LogP contribution in [0.1, 0.15) is 0 Å². The van der Waals surface area contributed by atoms with Gasteiger partial charge < -0.3 is 14.4 Å². The third-order valence-corrected chi connectivity index (χ3v) is 3.47. The molecule has 0 rings (SSSR count). The van der Waals surface area contributed by atoms with Gasteiger partial charge in [-0.05, 0) is 14.1 Å².